The Morgan fingerprint density at radius 1 is 1.07 bits per heavy atom. The number of hydrogen-bond acceptors (Lipinski definition) is 4. The highest BCUT2D eigenvalue weighted by Crippen LogP contribution is 2.32. The number of oxazole rings is 1. The minimum Gasteiger partial charge on any atom is -0.506 e. The van der Waals surface area contributed by atoms with Crippen LogP contribution in [0.3, 0.4) is 0 Å². The fourth-order valence-corrected chi connectivity index (χ4v) is 3.87. The van der Waals surface area contributed by atoms with Crippen LogP contribution in [0.4, 0.5) is 5.69 Å². The summed E-state index contributed by atoms with van der Waals surface area (Å²) in [6.07, 6.45) is 1.58. The number of aromatic nitrogens is 1. The van der Waals surface area contributed by atoms with E-state index in [1.807, 2.05) is 30.3 Å². The smallest absolute Gasteiger partial charge is 0.227 e. The molecule has 30 heavy (non-hydrogen) atoms. The third-order valence-electron chi connectivity index (χ3n) is 4.78. The van der Waals surface area contributed by atoms with Gasteiger partial charge in [-0.1, -0.05) is 38.4 Å². The fourth-order valence-electron chi connectivity index (χ4n) is 3.04. The van der Waals surface area contributed by atoms with Crippen LogP contribution >= 0.6 is 27.5 Å². The molecule has 0 atom stereocenters. The fraction of sp³-hybridized carbons (Fsp3) is 0.167. The molecule has 0 radical (unpaired) electrons. The van der Waals surface area contributed by atoms with Gasteiger partial charge in [0.25, 0.3) is 0 Å². The van der Waals surface area contributed by atoms with Crippen molar-refractivity contribution in [2.45, 2.75) is 26.2 Å². The lowest BCUT2D eigenvalue weighted by Gasteiger charge is -2.18. The standard InChI is InChI=1S/C24H20BrClN2O2/c1-24(2,3)16-6-9-21-20(11-16)28-23(30-21)14-4-7-18(8-5-14)27-13-15-10-17(26)12-19(25)22(15)29/h4-13,29H,1-3H3. The topological polar surface area (TPSA) is 58.6 Å². The summed E-state index contributed by atoms with van der Waals surface area (Å²) >= 11 is 9.31. The molecule has 4 rings (SSSR count). The zero-order valence-electron chi connectivity index (χ0n) is 16.8. The van der Waals surface area contributed by atoms with E-state index in [-0.39, 0.29) is 11.2 Å². The maximum atomic E-state index is 10.1. The van der Waals surface area contributed by atoms with Gasteiger partial charge in [0.1, 0.15) is 11.3 Å². The summed E-state index contributed by atoms with van der Waals surface area (Å²) in [7, 11) is 0. The highest BCUT2D eigenvalue weighted by molar-refractivity contribution is 9.10. The Bertz CT molecular complexity index is 1250. The van der Waals surface area contributed by atoms with E-state index in [2.05, 4.69) is 58.8 Å². The van der Waals surface area contributed by atoms with Crippen molar-refractivity contribution in [3.8, 4) is 17.2 Å². The third kappa shape index (κ3) is 4.27. The average molecular weight is 484 g/mol. The van der Waals surface area contributed by atoms with Crippen molar-refractivity contribution >= 4 is 50.5 Å². The first-order valence-electron chi connectivity index (χ1n) is 9.44. The molecule has 0 fully saturated rings. The van der Waals surface area contributed by atoms with Gasteiger partial charge in [0.05, 0.1) is 10.2 Å². The van der Waals surface area contributed by atoms with Gasteiger partial charge >= 0.3 is 0 Å². The van der Waals surface area contributed by atoms with Crippen LogP contribution in [0, 0.1) is 0 Å². The highest BCUT2D eigenvalue weighted by Gasteiger charge is 2.16. The van der Waals surface area contributed by atoms with Crippen LogP contribution < -0.4 is 0 Å². The second-order valence-electron chi connectivity index (χ2n) is 8.08. The maximum Gasteiger partial charge on any atom is 0.227 e. The molecule has 0 saturated carbocycles. The largest absolute Gasteiger partial charge is 0.506 e. The van der Waals surface area contributed by atoms with Crippen molar-refractivity contribution in [3.63, 3.8) is 0 Å². The molecule has 1 aromatic heterocycles. The Hall–Kier alpha value is -2.63. The minimum atomic E-state index is 0.0555. The normalized spacial score (nSPS) is 12.2. The van der Waals surface area contributed by atoms with Crippen LogP contribution in [-0.2, 0) is 5.41 Å². The van der Waals surface area contributed by atoms with Crippen LogP contribution in [0.5, 0.6) is 5.75 Å². The van der Waals surface area contributed by atoms with Crippen molar-refractivity contribution in [3.05, 3.63) is 75.2 Å². The van der Waals surface area contributed by atoms with E-state index in [9.17, 15) is 5.11 Å². The van der Waals surface area contributed by atoms with Gasteiger partial charge in [-0.25, -0.2) is 4.98 Å². The number of phenolic OH excluding ortho intramolecular Hbond substituents is 1. The molecule has 0 bridgehead atoms. The van der Waals surface area contributed by atoms with E-state index in [0.29, 0.717) is 20.9 Å². The molecule has 3 aromatic carbocycles. The molecular weight excluding hydrogens is 464 g/mol. The van der Waals surface area contributed by atoms with Crippen molar-refractivity contribution in [1.82, 2.24) is 4.98 Å². The van der Waals surface area contributed by atoms with Gasteiger partial charge in [-0.2, -0.15) is 0 Å². The number of aromatic hydroxyl groups is 1. The predicted octanol–water partition coefficient (Wildman–Crippen LogP) is 7.66. The molecule has 0 aliphatic heterocycles. The SMILES string of the molecule is CC(C)(C)c1ccc2oc(-c3ccc(N=Cc4cc(Cl)cc(Br)c4O)cc3)nc2c1. The van der Waals surface area contributed by atoms with Crippen molar-refractivity contribution in [1.29, 1.82) is 0 Å². The average Bonchev–Trinajstić information content (AvgIpc) is 3.12. The molecule has 0 aliphatic rings. The number of phenols is 1. The molecule has 1 N–H and O–H groups in total. The van der Waals surface area contributed by atoms with Gasteiger partial charge in [-0.05, 0) is 75.4 Å². The number of nitrogens with zero attached hydrogens (tertiary/aromatic N) is 2. The predicted molar refractivity (Wildman–Crippen MR) is 126 cm³/mol. The van der Waals surface area contributed by atoms with E-state index >= 15 is 0 Å². The van der Waals surface area contributed by atoms with E-state index in [1.54, 1.807) is 18.3 Å². The molecule has 152 valence electrons. The lowest BCUT2D eigenvalue weighted by Crippen LogP contribution is -2.10. The van der Waals surface area contributed by atoms with E-state index < -0.39 is 0 Å². The number of hydrogen-bond donors (Lipinski definition) is 1. The van der Waals surface area contributed by atoms with Gasteiger partial charge in [0.2, 0.25) is 5.89 Å². The first-order valence-corrected chi connectivity index (χ1v) is 10.6. The Morgan fingerprint density at radius 2 is 1.80 bits per heavy atom. The Balaban J connectivity index is 1.59. The Kier molecular flexibility index (Phi) is 5.43. The van der Waals surface area contributed by atoms with Gasteiger partial charge in [-0.3, -0.25) is 4.99 Å². The lowest BCUT2D eigenvalue weighted by molar-refractivity contribution is 0.471. The number of benzene rings is 3. The summed E-state index contributed by atoms with van der Waals surface area (Å²) in [5.41, 5.74) is 5.03. The molecule has 4 aromatic rings. The van der Waals surface area contributed by atoms with Crippen molar-refractivity contribution < 1.29 is 9.52 Å². The van der Waals surface area contributed by atoms with Crippen LogP contribution in [0.2, 0.25) is 5.02 Å². The van der Waals surface area contributed by atoms with E-state index in [1.165, 1.54) is 5.56 Å². The van der Waals surface area contributed by atoms with Gasteiger partial charge in [0.15, 0.2) is 5.58 Å². The zero-order chi connectivity index (χ0) is 21.5. The van der Waals surface area contributed by atoms with Crippen LogP contribution in [0.1, 0.15) is 31.9 Å². The molecule has 0 aliphatic carbocycles. The highest BCUT2D eigenvalue weighted by atomic mass is 79.9. The lowest BCUT2D eigenvalue weighted by atomic mass is 9.87. The Morgan fingerprint density at radius 3 is 2.50 bits per heavy atom. The van der Waals surface area contributed by atoms with E-state index in [0.717, 1.165) is 22.4 Å². The molecule has 0 spiro atoms. The first-order chi connectivity index (χ1) is 14.2. The molecular formula is C24H20BrClN2O2. The molecule has 1 heterocycles. The van der Waals surface area contributed by atoms with Crippen LogP contribution in [-0.4, -0.2) is 16.3 Å². The second-order valence-corrected chi connectivity index (χ2v) is 9.37. The van der Waals surface area contributed by atoms with Crippen LogP contribution in [0.15, 0.2) is 68.5 Å². The summed E-state index contributed by atoms with van der Waals surface area (Å²) in [4.78, 5) is 9.07. The molecule has 0 saturated heterocycles. The number of fused-ring (bicyclic) bond motifs is 1. The van der Waals surface area contributed by atoms with Crippen molar-refractivity contribution in [2.75, 3.05) is 0 Å². The molecule has 6 heteroatoms. The third-order valence-corrected chi connectivity index (χ3v) is 5.60. The number of rotatable bonds is 3. The zero-order valence-corrected chi connectivity index (χ0v) is 19.1. The van der Waals surface area contributed by atoms with Crippen LogP contribution in [0.25, 0.3) is 22.6 Å². The van der Waals surface area contributed by atoms with Gasteiger partial charge in [0, 0.05) is 22.4 Å². The molecule has 4 nitrogen and oxygen atoms in total. The summed E-state index contributed by atoms with van der Waals surface area (Å²) < 4.78 is 6.46. The maximum absolute atomic E-state index is 10.1. The van der Waals surface area contributed by atoms with Gasteiger partial charge in [-0.15, -0.1) is 0 Å². The summed E-state index contributed by atoms with van der Waals surface area (Å²) in [6.45, 7) is 6.53. The van der Waals surface area contributed by atoms with Crippen molar-refractivity contribution in [2.24, 2.45) is 4.99 Å². The monoisotopic (exact) mass is 482 g/mol. The molecule has 0 amide bonds. The first kappa shape index (κ1) is 20.6. The van der Waals surface area contributed by atoms with E-state index in [4.69, 9.17) is 16.0 Å². The Labute approximate surface area is 188 Å². The summed E-state index contributed by atoms with van der Waals surface area (Å²) in [5, 5.41) is 10.6. The summed E-state index contributed by atoms with van der Waals surface area (Å²) in [5.74, 6) is 0.670. The number of halogens is 2. The summed E-state index contributed by atoms with van der Waals surface area (Å²) in [6, 6.07) is 17.0. The number of aliphatic imine (C=N–C) groups is 1. The quantitative estimate of drug-likeness (QED) is 0.304. The second kappa shape index (κ2) is 7.89. The minimum absolute atomic E-state index is 0.0555. The molecule has 0 unspecified atom stereocenters. The van der Waals surface area contributed by atoms with Gasteiger partial charge < -0.3 is 9.52 Å².